The standard InChI is InChI=1S/C20H22FN5O2/c1-13-18-19(26-10-4-5-11-26)23-16(24-20(18)28-25-13)8-9-17(27)22-12-14-6-2-3-7-15(14)21/h2-3,6-7H,4-5,8-12H2,1H3,(H,22,27). The highest BCUT2D eigenvalue weighted by molar-refractivity contribution is 5.88. The third-order valence-corrected chi connectivity index (χ3v) is 4.95. The molecule has 2 aromatic heterocycles. The van der Waals surface area contributed by atoms with Crippen molar-refractivity contribution < 1.29 is 13.7 Å². The summed E-state index contributed by atoms with van der Waals surface area (Å²) >= 11 is 0. The largest absolute Gasteiger partial charge is 0.356 e. The van der Waals surface area contributed by atoms with Gasteiger partial charge in [-0.1, -0.05) is 23.4 Å². The van der Waals surface area contributed by atoms with Crippen LogP contribution in [0.2, 0.25) is 0 Å². The van der Waals surface area contributed by atoms with E-state index in [1.54, 1.807) is 18.2 Å². The van der Waals surface area contributed by atoms with Crippen molar-refractivity contribution in [3.63, 3.8) is 0 Å². The second-order valence-corrected chi connectivity index (χ2v) is 6.97. The summed E-state index contributed by atoms with van der Waals surface area (Å²) in [5, 5.41) is 7.60. The summed E-state index contributed by atoms with van der Waals surface area (Å²) in [4.78, 5) is 23.5. The first-order valence-corrected chi connectivity index (χ1v) is 9.50. The highest BCUT2D eigenvalue weighted by atomic mass is 19.1. The van der Waals surface area contributed by atoms with Crippen LogP contribution in [0, 0.1) is 12.7 Å². The van der Waals surface area contributed by atoms with E-state index in [0.717, 1.165) is 42.8 Å². The molecular formula is C20H22FN5O2. The Morgan fingerprint density at radius 2 is 2.04 bits per heavy atom. The lowest BCUT2D eigenvalue weighted by atomic mass is 10.2. The Balaban J connectivity index is 1.44. The quantitative estimate of drug-likeness (QED) is 0.705. The zero-order valence-electron chi connectivity index (χ0n) is 15.7. The number of rotatable bonds is 6. The molecule has 1 aromatic carbocycles. The number of aryl methyl sites for hydroxylation is 2. The van der Waals surface area contributed by atoms with E-state index in [2.05, 4.69) is 20.4 Å². The van der Waals surface area contributed by atoms with Gasteiger partial charge in [0, 0.05) is 38.0 Å². The van der Waals surface area contributed by atoms with Gasteiger partial charge in [-0.15, -0.1) is 0 Å². The van der Waals surface area contributed by atoms with Crippen LogP contribution in [0.4, 0.5) is 10.2 Å². The van der Waals surface area contributed by atoms with E-state index in [0.29, 0.717) is 23.5 Å². The molecule has 0 bridgehead atoms. The Bertz CT molecular complexity index is 997. The molecule has 3 aromatic rings. The third-order valence-electron chi connectivity index (χ3n) is 4.95. The molecular weight excluding hydrogens is 361 g/mol. The molecule has 1 saturated heterocycles. The van der Waals surface area contributed by atoms with Crippen molar-refractivity contribution >= 4 is 22.8 Å². The van der Waals surface area contributed by atoms with Crippen LogP contribution in [0.3, 0.4) is 0 Å². The second-order valence-electron chi connectivity index (χ2n) is 6.97. The smallest absolute Gasteiger partial charge is 0.263 e. The predicted molar refractivity (Wildman–Crippen MR) is 102 cm³/mol. The Morgan fingerprint density at radius 3 is 2.82 bits per heavy atom. The summed E-state index contributed by atoms with van der Waals surface area (Å²) in [6, 6.07) is 6.40. The average Bonchev–Trinajstić information content (AvgIpc) is 3.36. The summed E-state index contributed by atoms with van der Waals surface area (Å²) in [5.41, 5.74) is 1.68. The van der Waals surface area contributed by atoms with Crippen LogP contribution in [-0.2, 0) is 17.8 Å². The highest BCUT2D eigenvalue weighted by Crippen LogP contribution is 2.29. The first kappa shape index (κ1) is 18.3. The number of hydrogen-bond acceptors (Lipinski definition) is 6. The van der Waals surface area contributed by atoms with Gasteiger partial charge in [-0.3, -0.25) is 4.79 Å². The maximum Gasteiger partial charge on any atom is 0.263 e. The number of benzene rings is 1. The molecule has 0 atom stereocenters. The number of fused-ring (bicyclic) bond motifs is 1. The number of nitrogens with zero attached hydrogens (tertiary/aromatic N) is 4. The predicted octanol–water partition coefficient (Wildman–Crippen LogP) is 2.91. The van der Waals surface area contributed by atoms with Crippen molar-refractivity contribution in [2.75, 3.05) is 18.0 Å². The minimum Gasteiger partial charge on any atom is -0.356 e. The van der Waals surface area contributed by atoms with Crippen LogP contribution in [0.25, 0.3) is 11.1 Å². The molecule has 28 heavy (non-hydrogen) atoms. The van der Waals surface area contributed by atoms with Gasteiger partial charge in [-0.25, -0.2) is 9.37 Å². The maximum absolute atomic E-state index is 13.6. The first-order chi connectivity index (χ1) is 13.6. The number of nitrogens with one attached hydrogen (secondary N) is 1. The SMILES string of the molecule is Cc1noc2nc(CCC(=O)NCc3ccccc3F)nc(N3CCCC3)c12. The van der Waals surface area contributed by atoms with E-state index in [1.807, 2.05) is 6.92 Å². The number of carbonyl (C=O) groups excluding carboxylic acids is 1. The lowest BCUT2D eigenvalue weighted by Crippen LogP contribution is -2.24. The van der Waals surface area contributed by atoms with Crippen molar-refractivity contribution in [1.29, 1.82) is 0 Å². The van der Waals surface area contributed by atoms with Crippen molar-refractivity contribution in [2.24, 2.45) is 0 Å². The van der Waals surface area contributed by atoms with Crippen LogP contribution < -0.4 is 10.2 Å². The minimum absolute atomic E-state index is 0.158. The van der Waals surface area contributed by atoms with Crippen LogP contribution in [0.5, 0.6) is 0 Å². The molecule has 1 amide bonds. The first-order valence-electron chi connectivity index (χ1n) is 9.50. The van der Waals surface area contributed by atoms with E-state index in [-0.39, 0.29) is 24.7 Å². The highest BCUT2D eigenvalue weighted by Gasteiger charge is 2.22. The summed E-state index contributed by atoms with van der Waals surface area (Å²) in [6.45, 7) is 3.93. The van der Waals surface area contributed by atoms with Crippen LogP contribution in [0.15, 0.2) is 28.8 Å². The molecule has 0 aliphatic carbocycles. The zero-order valence-corrected chi connectivity index (χ0v) is 15.7. The van der Waals surface area contributed by atoms with Crippen molar-refractivity contribution in [3.05, 3.63) is 47.2 Å². The summed E-state index contributed by atoms with van der Waals surface area (Å²) in [7, 11) is 0. The molecule has 1 fully saturated rings. The molecule has 0 spiro atoms. The Hall–Kier alpha value is -3.03. The van der Waals surface area contributed by atoms with Gasteiger partial charge in [0.2, 0.25) is 5.91 Å². The molecule has 3 heterocycles. The van der Waals surface area contributed by atoms with Gasteiger partial charge in [0.1, 0.15) is 22.8 Å². The van der Waals surface area contributed by atoms with E-state index in [4.69, 9.17) is 9.51 Å². The molecule has 1 N–H and O–H groups in total. The number of carbonyl (C=O) groups is 1. The molecule has 7 nitrogen and oxygen atoms in total. The van der Waals surface area contributed by atoms with Crippen molar-refractivity contribution in [1.82, 2.24) is 20.4 Å². The summed E-state index contributed by atoms with van der Waals surface area (Å²) < 4.78 is 19.0. The number of hydrogen-bond donors (Lipinski definition) is 1. The molecule has 8 heteroatoms. The van der Waals surface area contributed by atoms with E-state index >= 15 is 0 Å². The Morgan fingerprint density at radius 1 is 1.25 bits per heavy atom. The Labute approximate surface area is 161 Å². The van der Waals surface area contributed by atoms with E-state index < -0.39 is 0 Å². The van der Waals surface area contributed by atoms with Gasteiger partial charge in [0.15, 0.2) is 0 Å². The topological polar surface area (TPSA) is 84.1 Å². The lowest BCUT2D eigenvalue weighted by Gasteiger charge is -2.17. The second kappa shape index (κ2) is 7.92. The van der Waals surface area contributed by atoms with Gasteiger partial charge in [0.25, 0.3) is 5.71 Å². The van der Waals surface area contributed by atoms with Gasteiger partial charge in [-0.2, -0.15) is 4.98 Å². The van der Waals surface area contributed by atoms with Gasteiger partial charge < -0.3 is 14.7 Å². The zero-order chi connectivity index (χ0) is 19.5. The Kier molecular flexibility index (Phi) is 5.18. The minimum atomic E-state index is -0.326. The van der Waals surface area contributed by atoms with Gasteiger partial charge in [-0.05, 0) is 25.8 Å². The summed E-state index contributed by atoms with van der Waals surface area (Å²) in [6.07, 6.45) is 2.85. The van der Waals surface area contributed by atoms with Crippen LogP contribution >= 0.6 is 0 Å². The molecule has 1 aliphatic heterocycles. The molecule has 0 radical (unpaired) electrons. The van der Waals surface area contributed by atoms with Crippen molar-refractivity contribution in [2.45, 2.75) is 39.2 Å². The number of halogens is 1. The lowest BCUT2D eigenvalue weighted by molar-refractivity contribution is -0.121. The monoisotopic (exact) mass is 383 g/mol. The maximum atomic E-state index is 13.6. The number of amides is 1. The number of aromatic nitrogens is 3. The molecule has 0 unspecified atom stereocenters. The third kappa shape index (κ3) is 3.81. The molecule has 1 aliphatic rings. The molecule has 146 valence electrons. The fraction of sp³-hybridized carbons (Fsp3) is 0.400. The van der Waals surface area contributed by atoms with E-state index in [9.17, 15) is 9.18 Å². The average molecular weight is 383 g/mol. The van der Waals surface area contributed by atoms with Crippen LogP contribution in [-0.4, -0.2) is 34.1 Å². The molecule has 0 saturated carbocycles. The molecule has 4 rings (SSSR count). The summed E-state index contributed by atoms with van der Waals surface area (Å²) in [5.74, 6) is 0.880. The van der Waals surface area contributed by atoms with Gasteiger partial charge >= 0.3 is 0 Å². The van der Waals surface area contributed by atoms with Crippen LogP contribution in [0.1, 0.15) is 36.3 Å². The van der Waals surface area contributed by atoms with E-state index in [1.165, 1.54) is 6.07 Å². The fourth-order valence-electron chi connectivity index (χ4n) is 3.43. The fourth-order valence-corrected chi connectivity index (χ4v) is 3.43. The van der Waals surface area contributed by atoms with Gasteiger partial charge in [0.05, 0.1) is 5.69 Å². The van der Waals surface area contributed by atoms with Crippen molar-refractivity contribution in [3.8, 4) is 0 Å². The normalized spacial score (nSPS) is 14.0. The number of anilines is 1.